The molecule has 0 spiro atoms. The summed E-state index contributed by atoms with van der Waals surface area (Å²) in [5.41, 5.74) is 8.36. The summed E-state index contributed by atoms with van der Waals surface area (Å²) in [6, 6.07) is 37.6. The number of ether oxygens (including phenoxy) is 4. The number of carbonyl (C=O) groups is 3. The maximum absolute atomic E-state index is 13.5. The lowest BCUT2D eigenvalue weighted by atomic mass is 9.98. The first kappa shape index (κ1) is 80.7. The van der Waals surface area contributed by atoms with Crippen LogP contribution < -0.4 is 37.2 Å². The molecule has 590 valence electrons. The number of hydrogen-bond acceptors (Lipinski definition) is 17. The first-order valence-corrected chi connectivity index (χ1v) is 40.2. The van der Waals surface area contributed by atoms with E-state index in [0.29, 0.717) is 75.2 Å². The fraction of sp³-hybridized carbons (Fsp3) is 0.250. The molecule has 0 bridgehead atoms. The molecule has 8 aromatic carbocycles. The third-order valence-corrected chi connectivity index (χ3v) is 22.8. The van der Waals surface area contributed by atoms with Gasteiger partial charge in [0.2, 0.25) is 30.1 Å². The molecule has 3 amide bonds. The number of carbonyl (C=O) groups excluding carboxylic acids is 3. The van der Waals surface area contributed by atoms with Crippen molar-refractivity contribution in [3.8, 4) is 28.7 Å². The van der Waals surface area contributed by atoms with Crippen molar-refractivity contribution in [3.63, 3.8) is 0 Å². The molecular weight excluding hydrogens is 1540 g/mol. The van der Waals surface area contributed by atoms with Gasteiger partial charge in [-0.05, 0) is 143 Å². The van der Waals surface area contributed by atoms with Gasteiger partial charge in [-0.1, -0.05) is 60.7 Å². The molecule has 2 N–H and O–H groups in total. The van der Waals surface area contributed by atoms with Gasteiger partial charge < -0.3 is 39.2 Å². The van der Waals surface area contributed by atoms with Crippen molar-refractivity contribution in [1.29, 1.82) is 0 Å². The van der Waals surface area contributed by atoms with Gasteiger partial charge in [0.1, 0.15) is 58.7 Å². The Hall–Kier alpha value is -11.8. The summed E-state index contributed by atoms with van der Waals surface area (Å²) in [6.07, 6.45) is 3.37. The fourth-order valence-corrected chi connectivity index (χ4v) is 15.2. The highest BCUT2D eigenvalue weighted by atomic mass is 32.2. The molecular formula is C80H74F7N9O14S3. The lowest BCUT2D eigenvalue weighted by Crippen LogP contribution is -2.29. The normalized spacial score (nSPS) is 13.2. The maximum atomic E-state index is 13.5. The van der Waals surface area contributed by atoms with Gasteiger partial charge in [0.15, 0.2) is 17.2 Å². The molecule has 23 nitrogen and oxygen atoms in total. The molecule has 6 heterocycles. The van der Waals surface area contributed by atoms with Crippen LogP contribution in [0.4, 0.5) is 47.8 Å². The van der Waals surface area contributed by atoms with E-state index in [4.69, 9.17) is 18.9 Å². The molecule has 0 saturated heterocycles. The highest BCUT2D eigenvalue weighted by molar-refractivity contribution is 7.92. The summed E-state index contributed by atoms with van der Waals surface area (Å²) in [5, 5.41) is 14.8. The number of methoxy groups -OCH3 is 2. The number of anilines is 3. The number of halogens is 7. The Morgan fingerprint density at radius 3 is 1.12 bits per heavy atom. The van der Waals surface area contributed by atoms with Gasteiger partial charge in [0.05, 0.1) is 79.8 Å². The predicted molar refractivity (Wildman–Crippen MR) is 412 cm³/mol. The molecule has 0 saturated carbocycles. The van der Waals surface area contributed by atoms with Crippen LogP contribution in [0.2, 0.25) is 0 Å². The van der Waals surface area contributed by atoms with Gasteiger partial charge in [0.25, 0.3) is 30.6 Å². The third kappa shape index (κ3) is 17.6. The number of pyridine rings is 3. The van der Waals surface area contributed by atoms with Crippen molar-refractivity contribution in [1.82, 2.24) is 30.1 Å². The summed E-state index contributed by atoms with van der Waals surface area (Å²) in [7, 11) is -4.11. The van der Waals surface area contributed by atoms with Gasteiger partial charge in [-0.2, -0.15) is 0 Å². The lowest BCUT2D eigenvalue weighted by Gasteiger charge is -2.24. The quantitative estimate of drug-likeness (QED) is 0.0532. The number of aromatic nitrogens is 3. The number of phenols is 1. The lowest BCUT2D eigenvalue weighted by molar-refractivity contribution is 0.0574. The molecule has 33 heteroatoms. The van der Waals surface area contributed by atoms with E-state index in [-0.39, 0.29) is 118 Å². The van der Waals surface area contributed by atoms with Gasteiger partial charge in [-0.3, -0.25) is 42.3 Å². The number of sulfonamides is 3. The summed E-state index contributed by atoms with van der Waals surface area (Å²) in [6.45, 7) is -1.85. The molecule has 0 radical (unpaired) electrons. The molecule has 0 unspecified atom stereocenters. The zero-order chi connectivity index (χ0) is 81.3. The zero-order valence-electron chi connectivity index (χ0n) is 61.9. The molecule has 113 heavy (non-hydrogen) atoms. The maximum Gasteiger partial charge on any atom is 0.258 e. The van der Waals surface area contributed by atoms with Gasteiger partial charge in [-0.15, -0.1) is 0 Å². The van der Waals surface area contributed by atoms with Gasteiger partial charge in [0, 0.05) is 92.2 Å². The summed E-state index contributed by atoms with van der Waals surface area (Å²) < 4.78 is 195. The predicted octanol–water partition coefficient (Wildman–Crippen LogP) is 12.6. The molecule has 0 atom stereocenters. The van der Waals surface area contributed by atoms with Crippen molar-refractivity contribution < 1.29 is 94.4 Å². The molecule has 11 aromatic rings. The Balaban J connectivity index is 0.000000158. The highest BCUT2D eigenvalue weighted by Crippen LogP contribution is 2.49. The number of rotatable bonds is 24. The minimum absolute atomic E-state index is 0.000876. The Bertz CT molecular complexity index is 5890. The van der Waals surface area contributed by atoms with Crippen LogP contribution in [0.5, 0.6) is 28.7 Å². The van der Waals surface area contributed by atoms with Crippen molar-refractivity contribution in [3.05, 3.63) is 253 Å². The van der Waals surface area contributed by atoms with Crippen LogP contribution in [0.3, 0.4) is 0 Å². The van der Waals surface area contributed by atoms with Crippen LogP contribution in [0.25, 0.3) is 32.7 Å². The van der Waals surface area contributed by atoms with E-state index in [1.165, 1.54) is 68.0 Å². The van der Waals surface area contributed by atoms with Crippen LogP contribution in [-0.4, -0.2) is 153 Å². The average Bonchev–Trinajstić information content (AvgIpc) is 1.65. The molecule has 3 aliphatic rings. The fourth-order valence-electron chi connectivity index (χ4n) is 13.6. The van der Waals surface area contributed by atoms with Crippen molar-refractivity contribution >= 4 is 97.6 Å². The number of nitrogens with zero attached hydrogens (tertiary/aromatic N) is 8. The topological polar surface area (TPSA) is 278 Å². The monoisotopic (exact) mass is 1610 g/mol. The second kappa shape index (κ2) is 32.8. The smallest absolute Gasteiger partial charge is 0.258 e. The number of alkyl halides is 4. The summed E-state index contributed by atoms with van der Waals surface area (Å²) in [5.74, 6) is -1.71. The largest absolute Gasteiger partial charge is 0.505 e. The summed E-state index contributed by atoms with van der Waals surface area (Å²) in [4.78, 5) is 54.6. The highest BCUT2D eigenvalue weighted by Gasteiger charge is 2.41. The van der Waals surface area contributed by atoms with Gasteiger partial charge in [-0.25, -0.2) is 56.0 Å². The standard InChI is InChI=1S/C30H28F3N3O5S.C28H26FN3O5S.C22H20F3N3O4S/c1-35(42(3,38)39)28-23-13-20(12-18-4-8-21(31)9-5-18)14-34-27(23)29(41-17-19-6-10-22(40-2)11-7-19)26-24(28)15-36(30(26)37)16-25(32)33;1-32(38(3,34)35)26-22-13-19(12-17-4-8-20(29)9-5-17)14-30-25(22)27(24-23(26)15-31-28(24)33)37-16-18-6-10-21(36-2)11-7-18;1-27(33(2,31)32)20-15-8-13(7-12-3-5-14(23)6-4-12)9-26-19(15)21(29)18-16(20)10-28(22(18)30)11-17(24)25/h4-11,13-14,25H,12,15-17H2,1-3H3;4-11,13-14H,12,15-16H2,1-3H3,(H,31,33);3-6,8-9,17,29H,7,10-11H2,1-2H3. The van der Waals surface area contributed by atoms with E-state index in [0.717, 1.165) is 70.6 Å². The second-order valence-corrected chi connectivity index (χ2v) is 33.1. The Morgan fingerprint density at radius 2 is 0.770 bits per heavy atom. The van der Waals surface area contributed by atoms with Crippen molar-refractivity contribution in [2.24, 2.45) is 0 Å². The first-order valence-electron chi connectivity index (χ1n) is 34.7. The number of hydrogen-bond donors (Lipinski definition) is 2. The average molecular weight is 1610 g/mol. The van der Waals surface area contributed by atoms with E-state index in [1.54, 1.807) is 99.4 Å². The minimum Gasteiger partial charge on any atom is -0.505 e. The third-order valence-electron chi connectivity index (χ3n) is 19.3. The molecule has 3 aromatic heterocycles. The van der Waals surface area contributed by atoms with Crippen LogP contribution >= 0.6 is 0 Å². The number of benzene rings is 8. The van der Waals surface area contributed by atoms with Crippen LogP contribution in [-0.2, 0) is 82.2 Å². The summed E-state index contributed by atoms with van der Waals surface area (Å²) >= 11 is 0. The Labute approximate surface area is 645 Å². The van der Waals surface area contributed by atoms with Crippen molar-refractivity contribution in [2.75, 3.05) is 80.1 Å². The van der Waals surface area contributed by atoms with Gasteiger partial charge >= 0.3 is 0 Å². The zero-order valence-corrected chi connectivity index (χ0v) is 64.4. The first-order chi connectivity index (χ1) is 53.6. The molecule has 0 aliphatic carbocycles. The minimum atomic E-state index is -3.84. The Morgan fingerprint density at radius 1 is 0.451 bits per heavy atom. The number of amides is 3. The number of nitrogens with one attached hydrogen (secondary N) is 1. The number of phenolic OH excluding ortho intramolecular Hbond substituents is 1. The van der Waals surface area contributed by atoms with Crippen molar-refractivity contribution in [2.45, 2.75) is 65.0 Å². The van der Waals surface area contributed by atoms with E-state index < -0.39 is 73.6 Å². The van der Waals surface area contributed by atoms with E-state index in [1.807, 2.05) is 30.3 Å². The Kier molecular flexibility index (Phi) is 23.4. The number of fused-ring (bicyclic) bond motifs is 6. The SMILES string of the molecule is CN(c1c2c(c(O)c3ncc(Cc4ccc(F)cc4)cc13)C(=O)N(CC(F)F)C2)S(C)(=O)=O.COc1ccc(COc2c3c(c(N(C)S(C)(=O)=O)c4cc(Cc5ccc(F)cc5)cnc24)CN(CC(F)F)C3=O)cc1.COc1ccc(COc2c3c(c(N(C)S(C)(=O)=O)c4cc(Cc5ccc(F)cc5)cnc24)CNC3=O)cc1. The van der Waals surface area contributed by atoms with Crippen LogP contribution in [0.1, 0.15) is 92.3 Å². The number of aromatic hydroxyl groups is 1. The van der Waals surface area contributed by atoms with Crippen LogP contribution in [0.15, 0.2) is 158 Å². The van der Waals surface area contributed by atoms with E-state index in [2.05, 4.69) is 20.3 Å². The molecule has 3 aliphatic heterocycles. The molecule has 14 rings (SSSR count). The second-order valence-electron chi connectivity index (χ2n) is 27.0. The molecule has 0 fully saturated rings. The van der Waals surface area contributed by atoms with E-state index in [9.17, 15) is 75.5 Å². The van der Waals surface area contributed by atoms with E-state index >= 15 is 0 Å². The van der Waals surface area contributed by atoms with Crippen LogP contribution in [0, 0.1) is 17.5 Å².